The van der Waals surface area contributed by atoms with Gasteiger partial charge in [-0.05, 0) is 39.8 Å². The van der Waals surface area contributed by atoms with Crippen LogP contribution in [-0.2, 0) is 10.0 Å². The van der Waals surface area contributed by atoms with E-state index in [1.807, 2.05) is 32.0 Å². The Bertz CT molecular complexity index is 1020. The Morgan fingerprint density at radius 1 is 1.04 bits per heavy atom. The molecule has 0 radical (unpaired) electrons. The number of benzene rings is 2. The molecule has 0 aliphatic carbocycles. The minimum Gasteiger partial charge on any atom is -0.382 e. The van der Waals surface area contributed by atoms with Crippen molar-refractivity contribution in [3.63, 3.8) is 0 Å². The molecule has 3 rings (SSSR count). The van der Waals surface area contributed by atoms with Gasteiger partial charge in [-0.2, -0.15) is 0 Å². The van der Waals surface area contributed by atoms with Crippen molar-refractivity contribution in [2.45, 2.75) is 38.6 Å². The largest absolute Gasteiger partial charge is 0.382 e. The van der Waals surface area contributed by atoms with Crippen LogP contribution in [0.2, 0.25) is 0 Å². The van der Waals surface area contributed by atoms with E-state index in [-0.39, 0.29) is 16.8 Å². The van der Waals surface area contributed by atoms with E-state index >= 15 is 0 Å². The molecule has 0 fully saturated rings. The molecular weight excluding hydrogens is 338 g/mol. The van der Waals surface area contributed by atoms with E-state index in [0.717, 1.165) is 11.1 Å². The fourth-order valence-corrected chi connectivity index (χ4v) is 3.91. The zero-order valence-electron chi connectivity index (χ0n) is 14.6. The molecule has 7 heteroatoms. The molecule has 0 amide bonds. The Hall–Kier alpha value is -2.54. The molecule has 0 saturated carbocycles. The predicted molar refractivity (Wildman–Crippen MR) is 99.5 cm³/mol. The normalized spacial score (nSPS) is 11.9. The Labute approximate surface area is 147 Å². The fourth-order valence-electron chi connectivity index (χ4n) is 2.64. The van der Waals surface area contributed by atoms with E-state index in [1.54, 1.807) is 32.0 Å². The van der Waals surface area contributed by atoms with E-state index in [1.165, 1.54) is 0 Å². The first-order valence-electron chi connectivity index (χ1n) is 8.03. The second kappa shape index (κ2) is 6.40. The van der Waals surface area contributed by atoms with Crippen molar-refractivity contribution in [2.24, 2.45) is 0 Å². The molecule has 0 atom stereocenters. The monoisotopic (exact) mass is 359 g/mol. The zero-order chi connectivity index (χ0) is 18.2. The third-order valence-corrected chi connectivity index (χ3v) is 5.39. The summed E-state index contributed by atoms with van der Waals surface area (Å²) in [5.41, 5.74) is 2.22. The lowest BCUT2D eigenvalue weighted by Crippen LogP contribution is -2.14. The molecule has 0 aliphatic rings. The maximum Gasteiger partial charge on any atom is 0.264 e. The molecule has 25 heavy (non-hydrogen) atoms. The van der Waals surface area contributed by atoms with Crippen molar-refractivity contribution >= 4 is 32.4 Å². The fraction of sp³-hybridized carbons (Fsp3) is 0.278. The molecule has 132 valence electrons. The predicted octanol–water partition coefficient (Wildman–Crippen LogP) is 4.07. The number of fused-ring (bicyclic) bond motifs is 1. The number of nitrogens with one attached hydrogen (secondary N) is 2. The van der Waals surface area contributed by atoms with Gasteiger partial charge >= 0.3 is 0 Å². The van der Waals surface area contributed by atoms with E-state index in [9.17, 15) is 8.42 Å². The van der Waals surface area contributed by atoms with E-state index in [0.29, 0.717) is 16.6 Å². The molecule has 0 saturated heterocycles. The number of hydrogen-bond acceptors (Lipinski definition) is 5. The standard InChI is InChI=1S/C18H21N3O3S/c1-11(2)19-16-9-5-8-15-14(16)7-6-10-17(15)25(22,23)21-18-12(3)13(4)20-24-18/h5-11,19,21H,1-4H3. The summed E-state index contributed by atoms with van der Waals surface area (Å²) in [6.45, 7) is 7.60. The number of nitrogens with zero attached hydrogens (tertiary/aromatic N) is 1. The molecule has 0 aliphatic heterocycles. The van der Waals surface area contributed by atoms with Gasteiger partial charge in [-0.3, -0.25) is 0 Å². The van der Waals surface area contributed by atoms with Gasteiger partial charge in [0.15, 0.2) is 0 Å². The summed E-state index contributed by atoms with van der Waals surface area (Å²) >= 11 is 0. The highest BCUT2D eigenvalue weighted by atomic mass is 32.2. The highest BCUT2D eigenvalue weighted by molar-refractivity contribution is 7.93. The highest BCUT2D eigenvalue weighted by Gasteiger charge is 2.21. The van der Waals surface area contributed by atoms with Crippen LogP contribution < -0.4 is 10.0 Å². The molecule has 2 aromatic carbocycles. The molecule has 3 aromatic rings. The van der Waals surface area contributed by atoms with Crippen molar-refractivity contribution in [3.8, 4) is 0 Å². The zero-order valence-corrected chi connectivity index (χ0v) is 15.4. The molecule has 6 nitrogen and oxygen atoms in total. The summed E-state index contributed by atoms with van der Waals surface area (Å²) in [5.74, 6) is 0.144. The minimum atomic E-state index is -3.81. The Morgan fingerprint density at radius 3 is 2.36 bits per heavy atom. The lowest BCUT2D eigenvalue weighted by molar-refractivity contribution is 0.430. The van der Waals surface area contributed by atoms with Crippen LogP contribution in [0.25, 0.3) is 10.8 Å². The van der Waals surface area contributed by atoms with Crippen molar-refractivity contribution < 1.29 is 12.9 Å². The number of sulfonamides is 1. The molecule has 1 aromatic heterocycles. The van der Waals surface area contributed by atoms with Crippen LogP contribution >= 0.6 is 0 Å². The number of aromatic nitrogens is 1. The number of anilines is 2. The van der Waals surface area contributed by atoms with Crippen LogP contribution in [0, 0.1) is 13.8 Å². The first kappa shape index (κ1) is 17.3. The third-order valence-electron chi connectivity index (χ3n) is 4.00. The molecule has 0 unspecified atom stereocenters. The molecule has 0 spiro atoms. The Kier molecular flexibility index (Phi) is 4.43. The summed E-state index contributed by atoms with van der Waals surface area (Å²) in [6.07, 6.45) is 0. The van der Waals surface area contributed by atoms with Gasteiger partial charge in [0.25, 0.3) is 10.0 Å². The number of hydrogen-bond donors (Lipinski definition) is 2. The van der Waals surface area contributed by atoms with Crippen molar-refractivity contribution in [1.29, 1.82) is 0 Å². The summed E-state index contributed by atoms with van der Waals surface area (Å²) in [6, 6.07) is 11.1. The third kappa shape index (κ3) is 3.32. The van der Waals surface area contributed by atoms with E-state index in [4.69, 9.17) is 4.52 Å². The van der Waals surface area contributed by atoms with Crippen LogP contribution in [0.3, 0.4) is 0 Å². The van der Waals surface area contributed by atoms with Gasteiger partial charge in [0.2, 0.25) is 5.88 Å². The lowest BCUT2D eigenvalue weighted by atomic mass is 10.1. The Morgan fingerprint density at radius 2 is 1.72 bits per heavy atom. The van der Waals surface area contributed by atoms with Gasteiger partial charge in [-0.25, -0.2) is 13.1 Å². The van der Waals surface area contributed by atoms with E-state index < -0.39 is 10.0 Å². The topological polar surface area (TPSA) is 84.2 Å². The smallest absolute Gasteiger partial charge is 0.264 e. The first-order valence-corrected chi connectivity index (χ1v) is 9.52. The number of aryl methyl sites for hydroxylation is 1. The maximum atomic E-state index is 12.9. The van der Waals surface area contributed by atoms with Gasteiger partial charge in [-0.1, -0.05) is 29.4 Å². The first-order chi connectivity index (χ1) is 11.8. The summed E-state index contributed by atoms with van der Waals surface area (Å²) in [5, 5.41) is 8.64. The lowest BCUT2D eigenvalue weighted by Gasteiger charge is -2.15. The second-order valence-electron chi connectivity index (χ2n) is 6.28. The van der Waals surface area contributed by atoms with Crippen LogP contribution in [0.1, 0.15) is 25.1 Å². The SMILES string of the molecule is Cc1noc(NS(=O)(=O)c2cccc3c(NC(C)C)cccc23)c1C. The van der Waals surface area contributed by atoms with Gasteiger partial charge in [-0.15, -0.1) is 0 Å². The maximum absolute atomic E-state index is 12.9. The van der Waals surface area contributed by atoms with Gasteiger partial charge in [0, 0.05) is 28.1 Å². The van der Waals surface area contributed by atoms with Gasteiger partial charge < -0.3 is 9.84 Å². The molecule has 0 bridgehead atoms. The average Bonchev–Trinajstić information content (AvgIpc) is 2.86. The highest BCUT2D eigenvalue weighted by Crippen LogP contribution is 2.31. The molecule has 2 N–H and O–H groups in total. The van der Waals surface area contributed by atoms with Crippen LogP contribution in [-0.4, -0.2) is 19.6 Å². The summed E-state index contributed by atoms with van der Waals surface area (Å²) < 4.78 is 33.4. The minimum absolute atomic E-state index is 0.144. The average molecular weight is 359 g/mol. The van der Waals surface area contributed by atoms with E-state index in [2.05, 4.69) is 15.2 Å². The van der Waals surface area contributed by atoms with Crippen molar-refractivity contribution in [1.82, 2.24) is 5.16 Å². The summed E-state index contributed by atoms with van der Waals surface area (Å²) in [7, 11) is -3.81. The van der Waals surface area contributed by atoms with Crippen LogP contribution in [0.5, 0.6) is 0 Å². The Balaban J connectivity index is 2.10. The second-order valence-corrected chi connectivity index (χ2v) is 7.93. The molecule has 1 heterocycles. The quantitative estimate of drug-likeness (QED) is 0.717. The van der Waals surface area contributed by atoms with Gasteiger partial charge in [0.05, 0.1) is 10.6 Å². The van der Waals surface area contributed by atoms with Gasteiger partial charge in [0.1, 0.15) is 0 Å². The van der Waals surface area contributed by atoms with Crippen LogP contribution in [0.4, 0.5) is 11.6 Å². The number of rotatable bonds is 5. The van der Waals surface area contributed by atoms with Crippen LogP contribution in [0.15, 0.2) is 45.8 Å². The van der Waals surface area contributed by atoms with Crippen molar-refractivity contribution in [3.05, 3.63) is 47.7 Å². The summed E-state index contributed by atoms with van der Waals surface area (Å²) in [4.78, 5) is 0.200. The molecular formula is C18H21N3O3S. The van der Waals surface area contributed by atoms with Crippen molar-refractivity contribution in [2.75, 3.05) is 10.0 Å².